The van der Waals surface area contributed by atoms with E-state index < -0.39 is 5.97 Å². The van der Waals surface area contributed by atoms with Gasteiger partial charge < -0.3 is 20.5 Å². The average molecular weight is 301 g/mol. The highest BCUT2D eigenvalue weighted by Gasteiger charge is 2.09. The van der Waals surface area contributed by atoms with Crippen molar-refractivity contribution in [2.45, 2.75) is 26.3 Å². The number of carboxylic acids is 1. The van der Waals surface area contributed by atoms with Crippen LogP contribution in [-0.4, -0.2) is 41.8 Å². The normalized spacial score (nSPS) is 10.2. The van der Waals surface area contributed by atoms with Crippen LogP contribution >= 0.6 is 11.3 Å². The standard InChI is InChI=1S/C12H19N3O4S/c1-2-5-19-6-3-4-13-12(18)14-7-10-15-9(8-20-10)11(16)17/h8H,2-7H2,1H3,(H,16,17)(H2,13,14,18). The van der Waals surface area contributed by atoms with Crippen LogP contribution < -0.4 is 10.6 Å². The molecule has 7 nitrogen and oxygen atoms in total. The number of urea groups is 1. The molecule has 0 unspecified atom stereocenters. The van der Waals surface area contributed by atoms with Gasteiger partial charge in [0.2, 0.25) is 0 Å². The zero-order valence-corrected chi connectivity index (χ0v) is 12.2. The molecular formula is C12H19N3O4S. The highest BCUT2D eigenvalue weighted by Crippen LogP contribution is 2.09. The van der Waals surface area contributed by atoms with E-state index in [0.717, 1.165) is 19.4 Å². The van der Waals surface area contributed by atoms with Crippen LogP contribution in [0.2, 0.25) is 0 Å². The van der Waals surface area contributed by atoms with Gasteiger partial charge in [-0.05, 0) is 12.8 Å². The third kappa shape index (κ3) is 6.48. The Kier molecular flexibility index (Phi) is 7.59. The van der Waals surface area contributed by atoms with Gasteiger partial charge in [-0.25, -0.2) is 14.6 Å². The van der Waals surface area contributed by atoms with E-state index in [1.54, 1.807) is 0 Å². The van der Waals surface area contributed by atoms with Crippen LogP contribution in [0.25, 0.3) is 0 Å². The van der Waals surface area contributed by atoms with Crippen LogP contribution in [0.1, 0.15) is 35.3 Å². The molecule has 0 bridgehead atoms. The summed E-state index contributed by atoms with van der Waals surface area (Å²) in [6.45, 7) is 4.16. The van der Waals surface area contributed by atoms with Crippen molar-refractivity contribution in [3.05, 3.63) is 16.1 Å². The van der Waals surface area contributed by atoms with Gasteiger partial charge in [-0.15, -0.1) is 11.3 Å². The van der Waals surface area contributed by atoms with Crippen molar-refractivity contribution < 1.29 is 19.4 Å². The number of nitrogens with zero attached hydrogens (tertiary/aromatic N) is 1. The molecule has 20 heavy (non-hydrogen) atoms. The fraction of sp³-hybridized carbons (Fsp3) is 0.583. The monoisotopic (exact) mass is 301 g/mol. The summed E-state index contributed by atoms with van der Waals surface area (Å²) in [6, 6.07) is -0.299. The van der Waals surface area contributed by atoms with Gasteiger partial charge in [0.15, 0.2) is 5.69 Å². The number of aromatic carboxylic acids is 1. The lowest BCUT2D eigenvalue weighted by Gasteiger charge is -2.06. The van der Waals surface area contributed by atoms with Gasteiger partial charge in [0.25, 0.3) is 0 Å². The van der Waals surface area contributed by atoms with Crippen LogP contribution in [0.5, 0.6) is 0 Å². The summed E-state index contributed by atoms with van der Waals surface area (Å²) < 4.78 is 5.28. The van der Waals surface area contributed by atoms with Crippen molar-refractivity contribution in [3.63, 3.8) is 0 Å². The second kappa shape index (κ2) is 9.27. The summed E-state index contributed by atoms with van der Waals surface area (Å²) in [5.74, 6) is -1.07. The summed E-state index contributed by atoms with van der Waals surface area (Å²) in [6.07, 6.45) is 1.74. The maximum atomic E-state index is 11.4. The van der Waals surface area contributed by atoms with Gasteiger partial charge in [-0.2, -0.15) is 0 Å². The Morgan fingerprint density at radius 2 is 2.20 bits per heavy atom. The van der Waals surface area contributed by atoms with Crippen molar-refractivity contribution in [3.8, 4) is 0 Å². The van der Waals surface area contributed by atoms with E-state index >= 15 is 0 Å². The number of carbonyl (C=O) groups is 2. The van der Waals surface area contributed by atoms with E-state index in [-0.39, 0.29) is 18.3 Å². The number of aromatic nitrogens is 1. The number of carboxylic acid groups (broad SMARTS) is 1. The second-order valence-corrected chi connectivity index (χ2v) is 4.95. The SMILES string of the molecule is CCCOCCCNC(=O)NCc1nc(C(=O)O)cs1. The van der Waals surface area contributed by atoms with Crippen LogP contribution in [-0.2, 0) is 11.3 Å². The predicted octanol–water partition coefficient (Wildman–Crippen LogP) is 1.46. The Morgan fingerprint density at radius 1 is 1.40 bits per heavy atom. The molecule has 112 valence electrons. The number of amides is 2. The molecular weight excluding hydrogens is 282 g/mol. The smallest absolute Gasteiger partial charge is 0.355 e. The van der Waals surface area contributed by atoms with Crippen molar-refractivity contribution >= 4 is 23.3 Å². The van der Waals surface area contributed by atoms with Crippen LogP contribution in [0.3, 0.4) is 0 Å². The molecule has 0 aliphatic rings. The zero-order chi connectivity index (χ0) is 14.8. The lowest BCUT2D eigenvalue weighted by molar-refractivity contribution is 0.0691. The fourth-order valence-corrected chi connectivity index (χ4v) is 2.04. The molecule has 0 saturated carbocycles. The molecule has 1 aromatic rings. The van der Waals surface area contributed by atoms with Crippen LogP contribution in [0.4, 0.5) is 4.79 Å². The number of nitrogens with one attached hydrogen (secondary N) is 2. The maximum absolute atomic E-state index is 11.4. The molecule has 0 saturated heterocycles. The highest BCUT2D eigenvalue weighted by molar-refractivity contribution is 7.09. The molecule has 0 aliphatic carbocycles. The highest BCUT2D eigenvalue weighted by atomic mass is 32.1. The first-order valence-electron chi connectivity index (χ1n) is 6.40. The molecule has 0 fully saturated rings. The van der Waals surface area contributed by atoms with Crippen molar-refractivity contribution in [2.75, 3.05) is 19.8 Å². The Balaban J connectivity index is 2.11. The molecule has 1 rings (SSSR count). The maximum Gasteiger partial charge on any atom is 0.355 e. The van der Waals surface area contributed by atoms with Gasteiger partial charge >= 0.3 is 12.0 Å². The molecule has 1 aromatic heterocycles. The predicted molar refractivity (Wildman–Crippen MR) is 75.0 cm³/mol. The molecule has 0 atom stereocenters. The minimum Gasteiger partial charge on any atom is -0.476 e. The van der Waals surface area contributed by atoms with E-state index in [9.17, 15) is 9.59 Å². The average Bonchev–Trinajstić information content (AvgIpc) is 2.89. The summed E-state index contributed by atoms with van der Waals surface area (Å²) in [7, 11) is 0. The van der Waals surface area contributed by atoms with Gasteiger partial charge in [-0.3, -0.25) is 0 Å². The molecule has 0 radical (unpaired) electrons. The molecule has 0 spiro atoms. The summed E-state index contributed by atoms with van der Waals surface area (Å²) in [5.41, 5.74) is 0.000260. The minimum atomic E-state index is -1.07. The fourth-order valence-electron chi connectivity index (χ4n) is 1.33. The number of rotatable bonds is 9. The number of ether oxygens (including phenoxy) is 1. The van der Waals surface area contributed by atoms with E-state index in [4.69, 9.17) is 9.84 Å². The molecule has 0 aliphatic heterocycles. The molecule has 3 N–H and O–H groups in total. The first-order valence-corrected chi connectivity index (χ1v) is 7.28. The zero-order valence-electron chi connectivity index (χ0n) is 11.3. The van der Waals surface area contributed by atoms with Crippen LogP contribution in [0.15, 0.2) is 5.38 Å². The third-order valence-corrected chi connectivity index (χ3v) is 3.12. The van der Waals surface area contributed by atoms with Gasteiger partial charge in [-0.1, -0.05) is 6.92 Å². The van der Waals surface area contributed by atoms with Crippen LogP contribution in [0, 0.1) is 0 Å². The van der Waals surface area contributed by atoms with Gasteiger partial charge in [0.1, 0.15) is 5.01 Å². The van der Waals surface area contributed by atoms with Crippen molar-refractivity contribution in [1.29, 1.82) is 0 Å². The van der Waals surface area contributed by atoms with Gasteiger partial charge in [0.05, 0.1) is 6.54 Å². The first kappa shape index (κ1) is 16.4. The Bertz CT molecular complexity index is 436. The minimum absolute atomic E-state index is 0.000260. The van der Waals surface area contributed by atoms with E-state index in [2.05, 4.69) is 15.6 Å². The number of carbonyl (C=O) groups excluding carboxylic acids is 1. The number of thiazole rings is 1. The molecule has 2 amide bonds. The first-order chi connectivity index (χ1) is 9.63. The second-order valence-electron chi connectivity index (χ2n) is 4.01. The number of hydrogen-bond acceptors (Lipinski definition) is 5. The van der Waals surface area contributed by atoms with E-state index in [0.29, 0.717) is 18.2 Å². The largest absolute Gasteiger partial charge is 0.476 e. The Labute approximate surface area is 121 Å². The topological polar surface area (TPSA) is 101 Å². The lowest BCUT2D eigenvalue weighted by Crippen LogP contribution is -2.35. The summed E-state index contributed by atoms with van der Waals surface area (Å²) in [5, 5.41) is 16.0. The summed E-state index contributed by atoms with van der Waals surface area (Å²) >= 11 is 1.20. The lowest BCUT2D eigenvalue weighted by atomic mass is 10.4. The Hall–Kier alpha value is -1.67. The number of hydrogen-bond donors (Lipinski definition) is 3. The van der Waals surface area contributed by atoms with E-state index in [1.807, 2.05) is 6.92 Å². The third-order valence-electron chi connectivity index (χ3n) is 2.27. The van der Waals surface area contributed by atoms with Gasteiger partial charge in [0, 0.05) is 25.1 Å². The summed E-state index contributed by atoms with van der Waals surface area (Å²) in [4.78, 5) is 25.9. The van der Waals surface area contributed by atoms with Crippen molar-refractivity contribution in [1.82, 2.24) is 15.6 Å². The molecule has 0 aromatic carbocycles. The molecule has 8 heteroatoms. The van der Waals surface area contributed by atoms with E-state index in [1.165, 1.54) is 16.7 Å². The van der Waals surface area contributed by atoms with Crippen molar-refractivity contribution in [2.24, 2.45) is 0 Å². The molecule has 1 heterocycles. The quantitative estimate of drug-likeness (QED) is 0.599. The Morgan fingerprint density at radius 3 is 2.85 bits per heavy atom.